The van der Waals surface area contributed by atoms with Crippen LogP contribution in [0, 0.1) is 5.82 Å². The lowest BCUT2D eigenvalue weighted by atomic mass is 9.85. The van der Waals surface area contributed by atoms with Gasteiger partial charge in [0.2, 0.25) is 0 Å². The van der Waals surface area contributed by atoms with E-state index in [9.17, 15) is 17.6 Å². The number of anilines is 2. The van der Waals surface area contributed by atoms with Crippen LogP contribution in [0.3, 0.4) is 0 Å². The molecule has 0 N–H and O–H groups in total. The maximum Gasteiger partial charge on any atom is 0.399 e. The van der Waals surface area contributed by atoms with Crippen molar-refractivity contribution in [3.63, 3.8) is 0 Å². The molecule has 0 radical (unpaired) electrons. The molecule has 6 heteroatoms. The molecule has 0 aliphatic carbocycles. The Bertz CT molecular complexity index is 709. The maximum atomic E-state index is 13.5. The molecule has 108 valence electrons. The SMILES string of the molecule is C=CN1c2ccc(F)cc2C(C(F)(F)F)c2ccncc21. The zero-order valence-corrected chi connectivity index (χ0v) is 10.7. The van der Waals surface area contributed by atoms with E-state index >= 15 is 0 Å². The topological polar surface area (TPSA) is 16.1 Å². The first-order valence-electron chi connectivity index (χ1n) is 6.15. The summed E-state index contributed by atoms with van der Waals surface area (Å²) >= 11 is 0. The Kier molecular flexibility index (Phi) is 2.97. The lowest BCUT2D eigenvalue weighted by molar-refractivity contribution is -0.141. The molecule has 0 amide bonds. The fraction of sp³-hybridized carbons (Fsp3) is 0.133. The molecule has 1 aliphatic rings. The van der Waals surface area contributed by atoms with E-state index in [4.69, 9.17) is 0 Å². The molecule has 0 saturated carbocycles. The maximum absolute atomic E-state index is 13.5. The summed E-state index contributed by atoms with van der Waals surface area (Å²) in [5.74, 6) is -2.58. The monoisotopic (exact) mass is 294 g/mol. The van der Waals surface area contributed by atoms with Gasteiger partial charge in [-0.1, -0.05) is 6.58 Å². The third-order valence-corrected chi connectivity index (χ3v) is 3.47. The van der Waals surface area contributed by atoms with Gasteiger partial charge in [-0.3, -0.25) is 4.98 Å². The van der Waals surface area contributed by atoms with E-state index in [1.54, 1.807) is 0 Å². The van der Waals surface area contributed by atoms with Crippen LogP contribution in [0.2, 0.25) is 0 Å². The molecule has 2 nitrogen and oxygen atoms in total. The van der Waals surface area contributed by atoms with Crippen LogP contribution in [-0.2, 0) is 0 Å². The number of alkyl halides is 3. The van der Waals surface area contributed by atoms with Crippen molar-refractivity contribution in [3.8, 4) is 0 Å². The van der Waals surface area contributed by atoms with Crippen molar-refractivity contribution in [2.45, 2.75) is 12.1 Å². The Morgan fingerprint density at radius 1 is 1.14 bits per heavy atom. The molecule has 1 aliphatic heterocycles. The van der Waals surface area contributed by atoms with Crippen molar-refractivity contribution in [3.05, 3.63) is 66.4 Å². The average molecular weight is 294 g/mol. The minimum atomic E-state index is -4.52. The number of hydrogen-bond donors (Lipinski definition) is 0. The number of rotatable bonds is 1. The molecule has 0 bridgehead atoms. The zero-order chi connectivity index (χ0) is 15.2. The number of fused-ring (bicyclic) bond motifs is 2. The van der Waals surface area contributed by atoms with Crippen molar-refractivity contribution in [2.24, 2.45) is 0 Å². The molecule has 0 fully saturated rings. The van der Waals surface area contributed by atoms with E-state index in [2.05, 4.69) is 11.6 Å². The predicted octanol–water partition coefficient (Wildman–Crippen LogP) is 4.51. The quantitative estimate of drug-likeness (QED) is 0.719. The van der Waals surface area contributed by atoms with E-state index in [0.29, 0.717) is 5.69 Å². The van der Waals surface area contributed by atoms with Crippen LogP contribution >= 0.6 is 0 Å². The summed E-state index contributed by atoms with van der Waals surface area (Å²) in [4.78, 5) is 5.36. The van der Waals surface area contributed by atoms with Gasteiger partial charge in [-0.15, -0.1) is 0 Å². The summed E-state index contributed by atoms with van der Waals surface area (Å²) < 4.78 is 53.9. The summed E-state index contributed by atoms with van der Waals surface area (Å²) in [7, 11) is 0. The van der Waals surface area contributed by atoms with Gasteiger partial charge in [0, 0.05) is 18.1 Å². The molecule has 0 saturated heterocycles. The van der Waals surface area contributed by atoms with Gasteiger partial charge < -0.3 is 4.90 Å². The van der Waals surface area contributed by atoms with Crippen molar-refractivity contribution < 1.29 is 17.6 Å². The molecule has 2 aromatic rings. The molecule has 21 heavy (non-hydrogen) atoms. The van der Waals surface area contributed by atoms with Gasteiger partial charge in [-0.05, 0) is 35.4 Å². The Labute approximate surface area is 118 Å². The van der Waals surface area contributed by atoms with E-state index in [1.807, 2.05) is 0 Å². The highest BCUT2D eigenvalue weighted by molar-refractivity contribution is 5.77. The van der Waals surface area contributed by atoms with Crippen LogP contribution in [0.5, 0.6) is 0 Å². The van der Waals surface area contributed by atoms with Gasteiger partial charge in [-0.2, -0.15) is 13.2 Å². The van der Waals surface area contributed by atoms with Crippen molar-refractivity contribution in [1.29, 1.82) is 0 Å². The average Bonchev–Trinajstić information content (AvgIpc) is 2.43. The first-order valence-corrected chi connectivity index (χ1v) is 6.15. The van der Waals surface area contributed by atoms with Crippen LogP contribution in [-0.4, -0.2) is 11.2 Å². The van der Waals surface area contributed by atoms with Crippen LogP contribution in [0.25, 0.3) is 0 Å². The summed E-state index contributed by atoms with van der Waals surface area (Å²) in [6.07, 6.45) is -0.485. The van der Waals surface area contributed by atoms with Gasteiger partial charge >= 0.3 is 6.18 Å². The van der Waals surface area contributed by atoms with Gasteiger partial charge in [0.1, 0.15) is 11.7 Å². The minimum Gasteiger partial charge on any atom is -0.316 e. The molecule has 0 spiro atoms. The van der Waals surface area contributed by atoms with Gasteiger partial charge in [-0.25, -0.2) is 4.39 Å². The number of halogens is 4. The second-order valence-electron chi connectivity index (χ2n) is 4.66. The Morgan fingerprint density at radius 3 is 2.57 bits per heavy atom. The van der Waals surface area contributed by atoms with Crippen molar-refractivity contribution >= 4 is 11.4 Å². The minimum absolute atomic E-state index is 0.0375. The zero-order valence-electron chi connectivity index (χ0n) is 10.7. The fourth-order valence-corrected chi connectivity index (χ4v) is 2.66. The van der Waals surface area contributed by atoms with E-state index < -0.39 is 17.9 Å². The Morgan fingerprint density at radius 2 is 1.90 bits per heavy atom. The highest BCUT2D eigenvalue weighted by Crippen LogP contribution is 2.51. The lowest BCUT2D eigenvalue weighted by Gasteiger charge is -2.36. The highest BCUT2D eigenvalue weighted by Gasteiger charge is 2.47. The molecular weight excluding hydrogens is 284 g/mol. The Hall–Kier alpha value is -2.37. The first-order chi connectivity index (χ1) is 9.93. The molecule has 2 heterocycles. The summed E-state index contributed by atoms with van der Waals surface area (Å²) in [6, 6.07) is 4.68. The summed E-state index contributed by atoms with van der Waals surface area (Å²) in [5, 5.41) is 0. The van der Waals surface area contributed by atoms with Gasteiger partial charge in [0.15, 0.2) is 0 Å². The molecular formula is C15H10F4N2. The highest BCUT2D eigenvalue weighted by atomic mass is 19.4. The van der Waals surface area contributed by atoms with Crippen LogP contribution in [0.15, 0.2) is 49.4 Å². The normalized spacial score (nSPS) is 17.1. The number of hydrogen-bond acceptors (Lipinski definition) is 2. The van der Waals surface area contributed by atoms with Gasteiger partial charge in [0.05, 0.1) is 11.9 Å². The molecule has 3 rings (SSSR count). The van der Waals surface area contributed by atoms with E-state index in [1.165, 1.54) is 35.6 Å². The van der Waals surface area contributed by atoms with Crippen molar-refractivity contribution in [2.75, 3.05) is 4.90 Å². The third-order valence-electron chi connectivity index (χ3n) is 3.47. The summed E-state index contributed by atoms with van der Waals surface area (Å²) in [6.45, 7) is 3.61. The number of aromatic nitrogens is 1. The van der Waals surface area contributed by atoms with E-state index in [-0.39, 0.29) is 16.8 Å². The van der Waals surface area contributed by atoms with Crippen LogP contribution < -0.4 is 4.90 Å². The molecule has 1 aromatic heterocycles. The van der Waals surface area contributed by atoms with Crippen LogP contribution in [0.1, 0.15) is 17.0 Å². The number of nitrogens with zero attached hydrogens (tertiary/aromatic N) is 2. The van der Waals surface area contributed by atoms with Gasteiger partial charge in [0.25, 0.3) is 0 Å². The largest absolute Gasteiger partial charge is 0.399 e. The molecule has 1 atom stereocenters. The number of benzene rings is 1. The smallest absolute Gasteiger partial charge is 0.316 e. The second-order valence-corrected chi connectivity index (χ2v) is 4.66. The Balaban J connectivity index is 2.34. The molecule has 1 unspecified atom stereocenters. The summed E-state index contributed by atoms with van der Waals surface area (Å²) in [5.41, 5.74) is 0.472. The third kappa shape index (κ3) is 2.07. The standard InChI is InChI=1S/C15H10F4N2/c1-2-21-12-4-3-9(16)7-11(12)14(15(17,18)19)10-5-6-20-8-13(10)21/h2-8,14H,1H2. The first kappa shape index (κ1) is 13.6. The lowest BCUT2D eigenvalue weighted by Crippen LogP contribution is -2.30. The molecule has 1 aromatic carbocycles. The van der Waals surface area contributed by atoms with E-state index in [0.717, 1.165) is 12.1 Å². The number of pyridine rings is 1. The van der Waals surface area contributed by atoms with Crippen LogP contribution in [0.4, 0.5) is 28.9 Å². The second kappa shape index (κ2) is 4.58. The van der Waals surface area contributed by atoms with Crippen molar-refractivity contribution in [1.82, 2.24) is 4.98 Å². The fourth-order valence-electron chi connectivity index (χ4n) is 2.66. The predicted molar refractivity (Wildman–Crippen MR) is 70.9 cm³/mol.